The minimum absolute atomic E-state index is 0.0459. The van der Waals surface area contributed by atoms with Crippen molar-refractivity contribution in [3.63, 3.8) is 0 Å². The van der Waals surface area contributed by atoms with Crippen molar-refractivity contribution in [3.8, 4) is 0 Å². The number of hydrogen-bond acceptors (Lipinski definition) is 3. The van der Waals surface area contributed by atoms with Gasteiger partial charge < -0.3 is 15.9 Å². The standard InChI is InChI=1S/C11H19NO2/c12-10(14)11-3-6-1-7(4-11)9(13)8(2-6)5-11/h6-10,13-14H,1-5,12H2/t6?,7?,8?,9?,10-,11?/m1/s1. The fraction of sp³-hybridized carbons (Fsp3) is 1.00. The zero-order valence-corrected chi connectivity index (χ0v) is 8.39. The first kappa shape index (κ1) is 9.13. The minimum Gasteiger partial charge on any atom is -0.393 e. The molecular formula is C11H19NO2. The van der Waals surface area contributed by atoms with Crippen LogP contribution in [-0.4, -0.2) is 22.5 Å². The molecule has 4 aliphatic rings. The number of hydrogen-bond donors (Lipinski definition) is 3. The average molecular weight is 197 g/mol. The van der Waals surface area contributed by atoms with Gasteiger partial charge in [-0.25, -0.2) is 0 Å². The first-order chi connectivity index (χ1) is 6.61. The summed E-state index contributed by atoms with van der Waals surface area (Å²) in [6, 6.07) is 0. The van der Waals surface area contributed by atoms with Gasteiger partial charge in [0.15, 0.2) is 0 Å². The minimum atomic E-state index is -0.678. The van der Waals surface area contributed by atoms with Gasteiger partial charge >= 0.3 is 0 Å². The molecule has 4 saturated carbocycles. The zero-order valence-electron chi connectivity index (χ0n) is 8.39. The van der Waals surface area contributed by atoms with Crippen LogP contribution >= 0.6 is 0 Å². The van der Waals surface area contributed by atoms with Crippen molar-refractivity contribution in [1.29, 1.82) is 0 Å². The lowest BCUT2D eigenvalue weighted by Crippen LogP contribution is -2.59. The molecule has 0 aromatic rings. The van der Waals surface area contributed by atoms with Gasteiger partial charge in [0.05, 0.1) is 6.10 Å². The van der Waals surface area contributed by atoms with Gasteiger partial charge in [0, 0.05) is 5.41 Å². The van der Waals surface area contributed by atoms with E-state index in [2.05, 4.69) is 0 Å². The molecule has 0 aromatic carbocycles. The van der Waals surface area contributed by atoms with Crippen molar-refractivity contribution >= 4 is 0 Å². The van der Waals surface area contributed by atoms with Gasteiger partial charge in [-0.1, -0.05) is 0 Å². The number of aliphatic hydroxyl groups excluding tert-OH is 2. The van der Waals surface area contributed by atoms with E-state index in [0.717, 1.165) is 32.1 Å². The molecule has 0 amide bonds. The summed E-state index contributed by atoms with van der Waals surface area (Å²) in [6.07, 6.45) is 4.50. The lowest BCUT2D eigenvalue weighted by atomic mass is 9.48. The van der Waals surface area contributed by atoms with Crippen LogP contribution in [0, 0.1) is 23.2 Å². The van der Waals surface area contributed by atoms with Crippen LogP contribution in [0.1, 0.15) is 32.1 Å². The first-order valence-electron chi connectivity index (χ1n) is 5.72. The third kappa shape index (κ3) is 1.03. The first-order valence-corrected chi connectivity index (χ1v) is 5.72. The van der Waals surface area contributed by atoms with E-state index in [-0.39, 0.29) is 11.5 Å². The molecule has 0 spiro atoms. The highest BCUT2D eigenvalue weighted by Crippen LogP contribution is 2.60. The fourth-order valence-corrected chi connectivity index (χ4v) is 4.42. The van der Waals surface area contributed by atoms with Crippen LogP contribution in [-0.2, 0) is 0 Å². The van der Waals surface area contributed by atoms with Crippen LogP contribution in [0.4, 0.5) is 0 Å². The van der Waals surface area contributed by atoms with E-state index in [1.54, 1.807) is 0 Å². The van der Waals surface area contributed by atoms with Crippen molar-refractivity contribution in [2.24, 2.45) is 28.9 Å². The van der Waals surface area contributed by atoms with Crippen LogP contribution in [0.15, 0.2) is 0 Å². The molecule has 0 aliphatic heterocycles. The summed E-state index contributed by atoms with van der Waals surface area (Å²) < 4.78 is 0. The SMILES string of the molecule is N[C@H](O)C12CC3CC(C1)C(O)C(C3)C2. The predicted octanol–water partition coefficient (Wildman–Crippen LogP) is 0.451. The Hall–Kier alpha value is -0.120. The highest BCUT2D eigenvalue weighted by Gasteiger charge is 2.56. The fourth-order valence-electron chi connectivity index (χ4n) is 4.42. The van der Waals surface area contributed by atoms with Gasteiger partial charge in [-0.2, -0.15) is 0 Å². The van der Waals surface area contributed by atoms with Gasteiger partial charge in [0.2, 0.25) is 0 Å². The summed E-state index contributed by atoms with van der Waals surface area (Å²) in [6.45, 7) is 0. The van der Waals surface area contributed by atoms with Gasteiger partial charge in [-0.15, -0.1) is 0 Å². The van der Waals surface area contributed by atoms with Crippen molar-refractivity contribution in [2.75, 3.05) is 0 Å². The molecule has 0 radical (unpaired) electrons. The number of aliphatic hydroxyl groups is 2. The summed E-state index contributed by atoms with van der Waals surface area (Å²) in [4.78, 5) is 0. The molecule has 2 unspecified atom stereocenters. The maximum atomic E-state index is 10.0. The summed E-state index contributed by atoms with van der Waals surface area (Å²) in [5.74, 6) is 1.55. The molecule has 3 heteroatoms. The lowest BCUT2D eigenvalue weighted by Gasteiger charge is -2.59. The Labute approximate surface area is 84.3 Å². The number of nitrogens with two attached hydrogens (primary N) is 1. The van der Waals surface area contributed by atoms with Crippen molar-refractivity contribution in [2.45, 2.75) is 44.4 Å². The second-order valence-corrected chi connectivity index (χ2v) is 5.77. The van der Waals surface area contributed by atoms with E-state index in [0.29, 0.717) is 17.8 Å². The monoisotopic (exact) mass is 197 g/mol. The van der Waals surface area contributed by atoms with E-state index < -0.39 is 6.23 Å². The molecular weight excluding hydrogens is 178 g/mol. The van der Waals surface area contributed by atoms with Crippen LogP contribution in [0.2, 0.25) is 0 Å². The Morgan fingerprint density at radius 2 is 1.71 bits per heavy atom. The highest BCUT2D eigenvalue weighted by molar-refractivity contribution is 5.06. The highest BCUT2D eigenvalue weighted by atomic mass is 16.3. The molecule has 4 rings (SSSR count). The summed E-state index contributed by atoms with van der Waals surface area (Å²) in [5.41, 5.74) is 5.66. The quantitative estimate of drug-likeness (QED) is 0.535. The Morgan fingerprint density at radius 3 is 2.21 bits per heavy atom. The second kappa shape index (κ2) is 2.71. The predicted molar refractivity (Wildman–Crippen MR) is 52.2 cm³/mol. The Kier molecular flexibility index (Phi) is 1.77. The van der Waals surface area contributed by atoms with E-state index in [1.807, 2.05) is 0 Å². The molecule has 0 saturated heterocycles. The van der Waals surface area contributed by atoms with Crippen molar-refractivity contribution in [3.05, 3.63) is 0 Å². The van der Waals surface area contributed by atoms with Crippen LogP contribution < -0.4 is 5.73 Å². The van der Waals surface area contributed by atoms with Crippen molar-refractivity contribution < 1.29 is 10.2 Å². The van der Waals surface area contributed by atoms with Gasteiger partial charge in [0.25, 0.3) is 0 Å². The Balaban J connectivity index is 1.92. The lowest BCUT2D eigenvalue weighted by molar-refractivity contribution is -0.170. The van der Waals surface area contributed by atoms with E-state index in [1.165, 1.54) is 0 Å². The maximum absolute atomic E-state index is 10.0. The molecule has 3 nitrogen and oxygen atoms in total. The van der Waals surface area contributed by atoms with Crippen molar-refractivity contribution in [1.82, 2.24) is 0 Å². The van der Waals surface area contributed by atoms with Crippen LogP contribution in [0.3, 0.4) is 0 Å². The molecule has 4 aliphatic carbocycles. The normalized spacial score (nSPS) is 57.6. The van der Waals surface area contributed by atoms with Gasteiger partial charge in [-0.05, 0) is 49.9 Å². The molecule has 4 N–H and O–H groups in total. The summed E-state index contributed by atoms with van der Waals surface area (Å²) >= 11 is 0. The molecule has 80 valence electrons. The van der Waals surface area contributed by atoms with Crippen LogP contribution in [0.25, 0.3) is 0 Å². The van der Waals surface area contributed by atoms with Gasteiger partial charge in [0.1, 0.15) is 6.23 Å². The maximum Gasteiger partial charge on any atom is 0.108 e. The summed E-state index contributed by atoms with van der Waals surface area (Å²) in [7, 11) is 0. The molecule has 14 heavy (non-hydrogen) atoms. The topological polar surface area (TPSA) is 66.5 Å². The van der Waals surface area contributed by atoms with E-state index in [9.17, 15) is 10.2 Å². The van der Waals surface area contributed by atoms with E-state index >= 15 is 0 Å². The Bertz CT molecular complexity index is 238. The van der Waals surface area contributed by atoms with E-state index in [4.69, 9.17) is 5.73 Å². The average Bonchev–Trinajstić information content (AvgIpc) is 2.12. The smallest absolute Gasteiger partial charge is 0.108 e. The molecule has 3 atom stereocenters. The molecule has 0 aromatic heterocycles. The molecule has 4 fully saturated rings. The molecule has 4 bridgehead atoms. The second-order valence-electron chi connectivity index (χ2n) is 5.77. The third-order valence-electron chi connectivity index (χ3n) is 4.90. The van der Waals surface area contributed by atoms with Gasteiger partial charge in [-0.3, -0.25) is 0 Å². The largest absolute Gasteiger partial charge is 0.393 e. The Morgan fingerprint density at radius 1 is 1.14 bits per heavy atom. The summed E-state index contributed by atoms with van der Waals surface area (Å²) in [5, 5.41) is 19.7. The zero-order chi connectivity index (χ0) is 9.92. The van der Waals surface area contributed by atoms with Crippen LogP contribution in [0.5, 0.6) is 0 Å². The third-order valence-corrected chi connectivity index (χ3v) is 4.90. The number of rotatable bonds is 1. The molecule has 0 heterocycles.